The first-order chi connectivity index (χ1) is 6.72. The zero-order valence-electron chi connectivity index (χ0n) is 7.69. The van der Waals surface area contributed by atoms with Crippen molar-refractivity contribution in [3.05, 3.63) is 33.9 Å². The Morgan fingerprint density at radius 3 is 3.07 bits per heavy atom. The summed E-state index contributed by atoms with van der Waals surface area (Å²) in [5, 5.41) is 13.6. The Hall–Kier alpha value is -1.62. The van der Waals surface area contributed by atoms with Crippen LogP contribution in [-0.2, 0) is 0 Å². The van der Waals surface area contributed by atoms with Gasteiger partial charge in [0, 0.05) is 11.6 Å². The van der Waals surface area contributed by atoms with Crippen molar-refractivity contribution < 1.29 is 9.66 Å². The van der Waals surface area contributed by atoms with E-state index in [9.17, 15) is 10.1 Å². The second-order valence-corrected chi connectivity index (χ2v) is 3.13. The highest BCUT2D eigenvalue weighted by atomic mass is 16.6. The molecule has 1 aromatic rings. The summed E-state index contributed by atoms with van der Waals surface area (Å²) in [5.41, 5.74) is 1.05. The van der Waals surface area contributed by atoms with Crippen molar-refractivity contribution in [3.8, 4) is 5.75 Å². The van der Waals surface area contributed by atoms with Gasteiger partial charge in [-0.2, -0.15) is 0 Å². The molecule has 0 aromatic heterocycles. The predicted octanol–water partition coefficient (Wildman–Crippen LogP) is 1.25. The zero-order valence-corrected chi connectivity index (χ0v) is 7.69. The quantitative estimate of drug-likeness (QED) is 0.568. The van der Waals surface area contributed by atoms with Crippen LogP contribution in [0.1, 0.15) is 11.6 Å². The highest BCUT2D eigenvalue weighted by Crippen LogP contribution is 2.34. The zero-order chi connectivity index (χ0) is 10.1. The van der Waals surface area contributed by atoms with Crippen molar-refractivity contribution in [1.82, 2.24) is 5.32 Å². The molecule has 1 aliphatic rings. The molecule has 74 valence electrons. The molecule has 5 nitrogen and oxygen atoms in total. The van der Waals surface area contributed by atoms with Gasteiger partial charge in [-0.3, -0.25) is 10.1 Å². The minimum Gasteiger partial charge on any atom is -0.491 e. The SMILES string of the molecule is CNC1COc2cc([N+](=O)[O-])ccc21. The van der Waals surface area contributed by atoms with E-state index in [0.29, 0.717) is 12.4 Å². The summed E-state index contributed by atoms with van der Waals surface area (Å²) in [4.78, 5) is 10.1. The smallest absolute Gasteiger partial charge is 0.273 e. The molecule has 5 heteroatoms. The van der Waals surface area contributed by atoms with Crippen molar-refractivity contribution >= 4 is 5.69 Å². The molecule has 1 atom stereocenters. The molecule has 0 aliphatic carbocycles. The normalized spacial score (nSPS) is 18.8. The van der Waals surface area contributed by atoms with Gasteiger partial charge in [0.1, 0.15) is 12.4 Å². The average Bonchev–Trinajstić information content (AvgIpc) is 2.59. The molecular weight excluding hydrogens is 184 g/mol. The molecule has 14 heavy (non-hydrogen) atoms. The van der Waals surface area contributed by atoms with Gasteiger partial charge in [0.15, 0.2) is 0 Å². The molecule has 0 saturated heterocycles. The second-order valence-electron chi connectivity index (χ2n) is 3.13. The molecule has 0 radical (unpaired) electrons. The van der Waals surface area contributed by atoms with Crippen LogP contribution in [0, 0.1) is 10.1 Å². The van der Waals surface area contributed by atoms with E-state index >= 15 is 0 Å². The van der Waals surface area contributed by atoms with Crippen molar-refractivity contribution in [2.75, 3.05) is 13.7 Å². The molecule has 0 bridgehead atoms. The molecule has 0 fully saturated rings. The average molecular weight is 194 g/mol. The minimum atomic E-state index is -0.420. The van der Waals surface area contributed by atoms with Gasteiger partial charge in [-0.15, -0.1) is 0 Å². The van der Waals surface area contributed by atoms with E-state index < -0.39 is 4.92 Å². The Labute approximate surface area is 80.8 Å². The summed E-state index contributed by atoms with van der Waals surface area (Å²) in [6, 6.07) is 4.84. The first kappa shape index (κ1) is 8.96. The summed E-state index contributed by atoms with van der Waals surface area (Å²) in [5.74, 6) is 0.610. The third-order valence-corrected chi connectivity index (χ3v) is 2.34. The Morgan fingerprint density at radius 2 is 2.43 bits per heavy atom. The van der Waals surface area contributed by atoms with E-state index in [4.69, 9.17) is 4.74 Å². The Morgan fingerprint density at radius 1 is 1.64 bits per heavy atom. The van der Waals surface area contributed by atoms with E-state index in [-0.39, 0.29) is 11.7 Å². The first-order valence-corrected chi connectivity index (χ1v) is 4.31. The Kier molecular flexibility index (Phi) is 2.09. The van der Waals surface area contributed by atoms with Crippen LogP contribution in [0.3, 0.4) is 0 Å². The largest absolute Gasteiger partial charge is 0.491 e. The molecule has 2 rings (SSSR count). The number of non-ortho nitro benzene ring substituents is 1. The van der Waals surface area contributed by atoms with Crippen LogP contribution in [-0.4, -0.2) is 18.6 Å². The van der Waals surface area contributed by atoms with Crippen LogP contribution >= 0.6 is 0 Å². The Balaban J connectivity index is 2.39. The summed E-state index contributed by atoms with van der Waals surface area (Å²) >= 11 is 0. The number of rotatable bonds is 2. The molecule has 1 unspecified atom stereocenters. The number of ether oxygens (including phenoxy) is 1. The lowest BCUT2D eigenvalue weighted by Crippen LogP contribution is -2.17. The molecule has 1 N–H and O–H groups in total. The van der Waals surface area contributed by atoms with Crippen LogP contribution < -0.4 is 10.1 Å². The number of benzene rings is 1. The lowest BCUT2D eigenvalue weighted by Gasteiger charge is -2.04. The third-order valence-electron chi connectivity index (χ3n) is 2.34. The number of nitro groups is 1. The maximum absolute atomic E-state index is 10.5. The fraction of sp³-hybridized carbons (Fsp3) is 0.333. The first-order valence-electron chi connectivity index (χ1n) is 4.31. The van der Waals surface area contributed by atoms with Gasteiger partial charge in [-0.05, 0) is 13.1 Å². The highest BCUT2D eigenvalue weighted by molar-refractivity contribution is 5.47. The molecule has 1 aliphatic heterocycles. The standard InChI is InChI=1S/C9H10N2O3/c1-10-8-5-14-9-4-6(11(12)13)2-3-7(8)9/h2-4,8,10H,5H2,1H3. The Bertz CT molecular complexity index is 378. The third kappa shape index (κ3) is 1.31. The van der Waals surface area contributed by atoms with Crippen LogP contribution in [0.5, 0.6) is 5.75 Å². The second kappa shape index (κ2) is 3.26. The summed E-state index contributed by atoms with van der Waals surface area (Å²) in [7, 11) is 1.84. The lowest BCUT2D eigenvalue weighted by atomic mass is 10.1. The van der Waals surface area contributed by atoms with Crippen molar-refractivity contribution in [3.63, 3.8) is 0 Å². The molecule has 1 heterocycles. The number of hydrogen-bond donors (Lipinski definition) is 1. The van der Waals surface area contributed by atoms with E-state index in [0.717, 1.165) is 5.56 Å². The molecular formula is C9H10N2O3. The molecule has 0 amide bonds. The van der Waals surface area contributed by atoms with Crippen molar-refractivity contribution in [1.29, 1.82) is 0 Å². The van der Waals surface area contributed by atoms with Gasteiger partial charge in [0.05, 0.1) is 17.0 Å². The number of nitro benzene ring substituents is 1. The van der Waals surface area contributed by atoms with Crippen molar-refractivity contribution in [2.45, 2.75) is 6.04 Å². The van der Waals surface area contributed by atoms with E-state index in [1.165, 1.54) is 12.1 Å². The summed E-state index contributed by atoms with van der Waals surface area (Å²) < 4.78 is 5.33. The van der Waals surface area contributed by atoms with E-state index in [1.54, 1.807) is 6.07 Å². The van der Waals surface area contributed by atoms with Gasteiger partial charge >= 0.3 is 0 Å². The van der Waals surface area contributed by atoms with Gasteiger partial charge in [-0.1, -0.05) is 0 Å². The number of likely N-dealkylation sites (N-methyl/N-ethyl adjacent to an activating group) is 1. The van der Waals surface area contributed by atoms with Gasteiger partial charge in [-0.25, -0.2) is 0 Å². The van der Waals surface area contributed by atoms with Gasteiger partial charge in [0.25, 0.3) is 5.69 Å². The van der Waals surface area contributed by atoms with Crippen LogP contribution in [0.25, 0.3) is 0 Å². The predicted molar refractivity (Wildman–Crippen MR) is 50.4 cm³/mol. The molecule has 0 spiro atoms. The molecule has 1 aromatic carbocycles. The topological polar surface area (TPSA) is 64.4 Å². The van der Waals surface area contributed by atoms with E-state index in [1.807, 2.05) is 7.05 Å². The van der Waals surface area contributed by atoms with Gasteiger partial charge < -0.3 is 10.1 Å². The van der Waals surface area contributed by atoms with Crippen LogP contribution in [0.4, 0.5) is 5.69 Å². The fourth-order valence-corrected chi connectivity index (χ4v) is 1.55. The summed E-state index contributed by atoms with van der Waals surface area (Å²) in [6.45, 7) is 0.535. The number of fused-ring (bicyclic) bond motifs is 1. The summed E-state index contributed by atoms with van der Waals surface area (Å²) in [6.07, 6.45) is 0. The van der Waals surface area contributed by atoms with Crippen LogP contribution in [0.15, 0.2) is 18.2 Å². The molecule has 0 saturated carbocycles. The van der Waals surface area contributed by atoms with Crippen LogP contribution in [0.2, 0.25) is 0 Å². The fourth-order valence-electron chi connectivity index (χ4n) is 1.55. The monoisotopic (exact) mass is 194 g/mol. The highest BCUT2D eigenvalue weighted by Gasteiger charge is 2.24. The van der Waals surface area contributed by atoms with Crippen molar-refractivity contribution in [2.24, 2.45) is 0 Å². The van der Waals surface area contributed by atoms with E-state index in [2.05, 4.69) is 5.32 Å². The number of nitrogens with one attached hydrogen (secondary N) is 1. The number of nitrogens with zero attached hydrogens (tertiary/aromatic N) is 1. The maximum atomic E-state index is 10.5. The maximum Gasteiger partial charge on any atom is 0.273 e. The minimum absolute atomic E-state index is 0.0699. The number of hydrogen-bond acceptors (Lipinski definition) is 4. The lowest BCUT2D eigenvalue weighted by molar-refractivity contribution is -0.384. The van der Waals surface area contributed by atoms with Gasteiger partial charge in [0.2, 0.25) is 0 Å².